The van der Waals surface area contributed by atoms with Crippen molar-refractivity contribution in [2.24, 2.45) is 17.3 Å². The fourth-order valence-corrected chi connectivity index (χ4v) is 5.46. The van der Waals surface area contributed by atoms with Crippen LogP contribution in [0.1, 0.15) is 17.2 Å². The van der Waals surface area contributed by atoms with Crippen molar-refractivity contribution in [3.8, 4) is 5.75 Å². The maximum absolute atomic E-state index is 14.0. The van der Waals surface area contributed by atoms with Crippen LogP contribution in [0.4, 0.5) is 0 Å². The molecule has 3 atom stereocenters. The summed E-state index contributed by atoms with van der Waals surface area (Å²) in [5.74, 6) is 2.21. The highest BCUT2D eigenvalue weighted by Crippen LogP contribution is 2.45. The number of likely N-dealkylation sites (tertiary alicyclic amines) is 1. The van der Waals surface area contributed by atoms with Gasteiger partial charge in [-0.05, 0) is 35.6 Å². The van der Waals surface area contributed by atoms with Crippen LogP contribution in [0, 0.1) is 17.3 Å². The number of rotatable bonds is 5. The minimum absolute atomic E-state index is 0.173. The highest BCUT2D eigenvalue weighted by Gasteiger charge is 2.53. The minimum Gasteiger partial charge on any atom is -0.497 e. The first kappa shape index (κ1) is 18.6. The van der Waals surface area contributed by atoms with E-state index in [1.54, 1.807) is 7.11 Å². The van der Waals surface area contributed by atoms with Crippen molar-refractivity contribution in [3.05, 3.63) is 65.7 Å². The molecule has 3 fully saturated rings. The van der Waals surface area contributed by atoms with Gasteiger partial charge < -0.3 is 20.3 Å². The Morgan fingerprint density at radius 2 is 1.93 bits per heavy atom. The largest absolute Gasteiger partial charge is 0.497 e. The highest BCUT2D eigenvalue weighted by atomic mass is 16.5. The quantitative estimate of drug-likeness (QED) is 0.821. The van der Waals surface area contributed by atoms with Crippen molar-refractivity contribution in [2.75, 3.05) is 39.8 Å². The first-order valence-electron chi connectivity index (χ1n) is 10.6. The van der Waals surface area contributed by atoms with E-state index >= 15 is 0 Å². The van der Waals surface area contributed by atoms with Crippen LogP contribution in [0.15, 0.2) is 54.6 Å². The molecule has 0 aromatic heterocycles. The maximum atomic E-state index is 14.0. The predicted octanol–water partition coefficient (Wildman–Crippen LogP) is 2.25. The molecule has 5 rings (SSSR count). The van der Waals surface area contributed by atoms with Crippen LogP contribution < -0.4 is 15.4 Å². The number of hydrogen-bond donors (Lipinski definition) is 2. The van der Waals surface area contributed by atoms with Gasteiger partial charge in [-0.25, -0.2) is 0 Å². The summed E-state index contributed by atoms with van der Waals surface area (Å²) in [4.78, 5) is 16.2. The molecule has 2 aromatic carbocycles. The number of ether oxygens (including phenoxy) is 1. The lowest BCUT2D eigenvalue weighted by Gasteiger charge is -2.45. The summed E-state index contributed by atoms with van der Waals surface area (Å²) in [7, 11) is 1.69. The van der Waals surface area contributed by atoms with E-state index in [1.165, 1.54) is 5.56 Å². The van der Waals surface area contributed by atoms with Crippen molar-refractivity contribution < 1.29 is 9.53 Å². The molecule has 29 heavy (non-hydrogen) atoms. The van der Waals surface area contributed by atoms with E-state index < -0.39 is 0 Å². The monoisotopic (exact) mass is 391 g/mol. The summed E-state index contributed by atoms with van der Waals surface area (Å²) in [5.41, 5.74) is 2.07. The molecule has 152 valence electrons. The van der Waals surface area contributed by atoms with Gasteiger partial charge in [0.25, 0.3) is 0 Å². The molecule has 3 saturated heterocycles. The highest BCUT2D eigenvalue weighted by molar-refractivity contribution is 5.85. The van der Waals surface area contributed by atoms with Gasteiger partial charge in [0.1, 0.15) is 5.75 Å². The Bertz CT molecular complexity index is 881. The second-order valence-electron chi connectivity index (χ2n) is 8.81. The molecule has 0 radical (unpaired) electrons. The first-order valence-corrected chi connectivity index (χ1v) is 10.6. The zero-order valence-corrected chi connectivity index (χ0v) is 16.9. The van der Waals surface area contributed by atoms with E-state index in [4.69, 9.17) is 4.74 Å². The molecule has 5 heteroatoms. The van der Waals surface area contributed by atoms with Crippen molar-refractivity contribution in [1.29, 1.82) is 0 Å². The Balaban J connectivity index is 1.44. The standard InChI is InChI=1S/C24H29N3O2/c1-29-20-9-5-6-17(10-20)11-24(15-26-16-24)23(28)27-14-19-12-25-13-21(19)22(27)18-7-3-2-4-8-18/h2-10,19,21-22,25-26H,11-16H2,1H3/t19-,21-,22+/m0/s1. The molecule has 0 saturated carbocycles. The van der Waals surface area contributed by atoms with Gasteiger partial charge in [-0.15, -0.1) is 0 Å². The Morgan fingerprint density at radius 1 is 1.10 bits per heavy atom. The maximum Gasteiger partial charge on any atom is 0.232 e. The third-order valence-corrected chi connectivity index (χ3v) is 7.02. The molecule has 0 spiro atoms. The number of carbonyl (C=O) groups excluding carboxylic acids is 1. The van der Waals surface area contributed by atoms with Crippen LogP contribution >= 0.6 is 0 Å². The Morgan fingerprint density at radius 3 is 2.66 bits per heavy atom. The van der Waals surface area contributed by atoms with Gasteiger partial charge in [0, 0.05) is 38.6 Å². The second-order valence-corrected chi connectivity index (χ2v) is 8.81. The number of nitrogens with one attached hydrogen (secondary N) is 2. The van der Waals surface area contributed by atoms with E-state index in [1.807, 2.05) is 12.1 Å². The van der Waals surface area contributed by atoms with Crippen LogP contribution in [-0.4, -0.2) is 50.6 Å². The van der Waals surface area contributed by atoms with E-state index in [9.17, 15) is 4.79 Å². The predicted molar refractivity (Wildman–Crippen MR) is 113 cm³/mol. The van der Waals surface area contributed by atoms with Gasteiger partial charge in [0.2, 0.25) is 5.91 Å². The summed E-state index contributed by atoms with van der Waals surface area (Å²) in [6.45, 7) is 4.35. The van der Waals surface area contributed by atoms with Gasteiger partial charge in [-0.2, -0.15) is 0 Å². The number of hydrogen-bond acceptors (Lipinski definition) is 4. The van der Waals surface area contributed by atoms with Gasteiger partial charge >= 0.3 is 0 Å². The van der Waals surface area contributed by atoms with Crippen LogP contribution in [0.2, 0.25) is 0 Å². The molecule has 2 aromatic rings. The fourth-order valence-electron chi connectivity index (χ4n) is 5.46. The van der Waals surface area contributed by atoms with Crippen molar-refractivity contribution in [3.63, 3.8) is 0 Å². The smallest absolute Gasteiger partial charge is 0.232 e. The summed E-state index contributed by atoms with van der Waals surface area (Å²) in [6.07, 6.45) is 0.752. The van der Waals surface area contributed by atoms with E-state index in [0.29, 0.717) is 17.7 Å². The molecular formula is C24H29N3O2. The van der Waals surface area contributed by atoms with Crippen molar-refractivity contribution in [2.45, 2.75) is 12.5 Å². The van der Waals surface area contributed by atoms with Crippen molar-refractivity contribution >= 4 is 5.91 Å². The molecular weight excluding hydrogens is 362 g/mol. The van der Waals surface area contributed by atoms with Gasteiger partial charge in [0.15, 0.2) is 0 Å². The molecule has 5 nitrogen and oxygen atoms in total. The van der Waals surface area contributed by atoms with E-state index in [-0.39, 0.29) is 11.5 Å². The summed E-state index contributed by atoms with van der Waals surface area (Å²) in [5, 5.41) is 6.91. The summed E-state index contributed by atoms with van der Waals surface area (Å²) >= 11 is 0. The third kappa shape index (κ3) is 3.22. The van der Waals surface area contributed by atoms with Gasteiger partial charge in [-0.1, -0.05) is 42.5 Å². The van der Waals surface area contributed by atoms with Gasteiger partial charge in [0.05, 0.1) is 18.6 Å². The Labute approximate surface area is 172 Å². The second kappa shape index (κ2) is 7.47. The lowest BCUT2D eigenvalue weighted by Crippen LogP contribution is -2.63. The van der Waals surface area contributed by atoms with Gasteiger partial charge in [-0.3, -0.25) is 4.79 Å². The third-order valence-electron chi connectivity index (χ3n) is 7.02. The number of amides is 1. The van der Waals surface area contributed by atoms with E-state index in [0.717, 1.165) is 50.5 Å². The summed E-state index contributed by atoms with van der Waals surface area (Å²) in [6, 6.07) is 18.9. The fraction of sp³-hybridized carbons (Fsp3) is 0.458. The van der Waals surface area contributed by atoms with Crippen LogP contribution in [0.5, 0.6) is 5.75 Å². The van der Waals surface area contributed by atoms with Crippen LogP contribution in [-0.2, 0) is 11.2 Å². The van der Waals surface area contributed by atoms with Crippen LogP contribution in [0.3, 0.4) is 0 Å². The molecule has 0 aliphatic carbocycles. The van der Waals surface area contributed by atoms with Crippen molar-refractivity contribution in [1.82, 2.24) is 15.5 Å². The molecule has 2 N–H and O–H groups in total. The van der Waals surface area contributed by atoms with Crippen LogP contribution in [0.25, 0.3) is 0 Å². The summed E-state index contributed by atoms with van der Waals surface area (Å²) < 4.78 is 5.39. The number of nitrogens with zero attached hydrogens (tertiary/aromatic N) is 1. The lowest BCUT2D eigenvalue weighted by molar-refractivity contribution is -0.147. The first-order chi connectivity index (χ1) is 14.2. The number of methoxy groups -OCH3 is 1. The Kier molecular flexibility index (Phi) is 4.80. The molecule has 3 aliphatic heterocycles. The topological polar surface area (TPSA) is 53.6 Å². The average Bonchev–Trinajstić information content (AvgIpc) is 3.32. The zero-order chi connectivity index (χ0) is 19.8. The zero-order valence-electron chi connectivity index (χ0n) is 16.9. The minimum atomic E-state index is -0.356. The molecule has 1 amide bonds. The number of carbonyl (C=O) groups is 1. The SMILES string of the molecule is COc1cccc(CC2(C(=O)N3C[C@@H]4CNC[C@@H]4[C@H]3c3ccccc3)CNC2)c1. The normalized spacial score (nSPS) is 27.3. The average molecular weight is 392 g/mol. The molecule has 3 aliphatic rings. The molecule has 3 heterocycles. The lowest BCUT2D eigenvalue weighted by atomic mass is 9.74. The Hall–Kier alpha value is -2.37. The number of benzene rings is 2. The number of fused-ring (bicyclic) bond motifs is 1. The molecule has 0 bridgehead atoms. The van der Waals surface area contributed by atoms with E-state index in [2.05, 4.69) is 58.0 Å². The molecule has 0 unspecified atom stereocenters.